The van der Waals surface area contributed by atoms with Gasteiger partial charge in [0.1, 0.15) is 45.9 Å². The van der Waals surface area contributed by atoms with E-state index in [0.717, 1.165) is 17.7 Å². The van der Waals surface area contributed by atoms with Gasteiger partial charge < -0.3 is 19.0 Å². The molecule has 0 spiro atoms. The smallest absolute Gasteiger partial charge is 0.417 e. The fraction of sp³-hybridized carbons (Fsp3) is 0.0811. The summed E-state index contributed by atoms with van der Waals surface area (Å²) in [6.45, 7) is 1.86. The number of halogens is 6. The molecule has 0 saturated carbocycles. The molecule has 2 heterocycles. The maximum atomic E-state index is 13.1. The monoisotopic (exact) mass is 676 g/mol. The Hall–Kier alpha value is -6.04. The van der Waals surface area contributed by atoms with Crippen LogP contribution in [0.3, 0.4) is 0 Å². The lowest BCUT2D eigenvalue weighted by molar-refractivity contribution is -0.138. The molecule has 0 radical (unpaired) electrons. The van der Waals surface area contributed by atoms with Crippen LogP contribution < -0.4 is 0 Å². The van der Waals surface area contributed by atoms with E-state index in [2.05, 4.69) is 9.98 Å². The molecule has 49 heavy (non-hydrogen) atoms. The van der Waals surface area contributed by atoms with Crippen molar-refractivity contribution in [2.45, 2.75) is 19.3 Å². The number of aromatic hydroxyl groups is 2. The van der Waals surface area contributed by atoms with Gasteiger partial charge in [-0.15, -0.1) is 0 Å². The number of rotatable bonds is 6. The van der Waals surface area contributed by atoms with E-state index in [0.29, 0.717) is 11.4 Å². The molecule has 2 N–H and O–H groups in total. The Morgan fingerprint density at radius 2 is 0.980 bits per heavy atom. The molecule has 0 aliphatic rings. The van der Waals surface area contributed by atoms with Crippen LogP contribution in [-0.2, 0) is 12.4 Å². The maximum Gasteiger partial charge on any atom is 0.417 e. The van der Waals surface area contributed by atoms with Gasteiger partial charge in [0.25, 0.3) is 0 Å². The summed E-state index contributed by atoms with van der Waals surface area (Å²) >= 11 is 0. The number of nitrogens with zero attached hydrogens (tertiary/aromatic N) is 2. The summed E-state index contributed by atoms with van der Waals surface area (Å²) < 4.78 is 89.4. The molecule has 12 heteroatoms. The lowest BCUT2D eigenvalue weighted by atomic mass is 10.1. The highest BCUT2D eigenvalue weighted by atomic mass is 19.4. The maximum absolute atomic E-state index is 13.1. The highest BCUT2D eigenvalue weighted by molar-refractivity contribution is 5.82. The first-order chi connectivity index (χ1) is 23.3. The predicted molar refractivity (Wildman–Crippen MR) is 174 cm³/mol. The van der Waals surface area contributed by atoms with Gasteiger partial charge in [-0.2, -0.15) is 26.3 Å². The summed E-state index contributed by atoms with van der Waals surface area (Å²) in [6, 6.07) is 27.8. The molecule has 6 rings (SSSR count). The fourth-order valence-corrected chi connectivity index (χ4v) is 4.60. The number of aliphatic imine (C=N–C) groups is 2. The molecular formula is C37H26F6N2O4. The largest absolute Gasteiger partial charge is 0.506 e. The van der Waals surface area contributed by atoms with Gasteiger partial charge in [-0.05, 0) is 73.2 Å². The van der Waals surface area contributed by atoms with Gasteiger partial charge in [-0.1, -0.05) is 54.6 Å². The van der Waals surface area contributed by atoms with E-state index < -0.39 is 23.5 Å². The lowest BCUT2D eigenvalue weighted by Crippen LogP contribution is -2.06. The highest BCUT2D eigenvalue weighted by Gasteiger charge is 2.35. The van der Waals surface area contributed by atoms with E-state index in [4.69, 9.17) is 8.83 Å². The van der Waals surface area contributed by atoms with Crippen LogP contribution in [0.4, 0.5) is 37.7 Å². The van der Waals surface area contributed by atoms with Crippen molar-refractivity contribution in [2.24, 2.45) is 9.98 Å². The van der Waals surface area contributed by atoms with Crippen molar-refractivity contribution < 1.29 is 45.4 Å². The van der Waals surface area contributed by atoms with Crippen molar-refractivity contribution in [1.29, 1.82) is 0 Å². The van der Waals surface area contributed by atoms with Crippen LogP contribution in [0.15, 0.2) is 134 Å². The molecule has 6 nitrogen and oxygen atoms in total. The fourth-order valence-electron chi connectivity index (χ4n) is 4.60. The molecule has 0 atom stereocenters. The molecule has 0 aliphatic carbocycles. The van der Waals surface area contributed by atoms with E-state index in [1.54, 1.807) is 30.3 Å². The van der Waals surface area contributed by atoms with Crippen molar-refractivity contribution >= 4 is 23.8 Å². The van der Waals surface area contributed by atoms with E-state index >= 15 is 0 Å². The second-order valence-corrected chi connectivity index (χ2v) is 10.5. The zero-order chi connectivity index (χ0) is 35.2. The average Bonchev–Trinajstić information content (AvgIpc) is 3.75. The molecule has 2 aromatic heterocycles. The number of alkyl halides is 6. The van der Waals surface area contributed by atoms with Gasteiger partial charge in [0.15, 0.2) is 0 Å². The number of aryl methyl sites for hydroxylation is 1. The van der Waals surface area contributed by atoms with Gasteiger partial charge in [0.05, 0.1) is 23.6 Å². The topological polar surface area (TPSA) is 91.5 Å². The number of phenols is 2. The van der Waals surface area contributed by atoms with Crippen LogP contribution in [0.5, 0.6) is 11.5 Å². The van der Waals surface area contributed by atoms with Gasteiger partial charge in [-0.3, -0.25) is 0 Å². The third-order valence-electron chi connectivity index (χ3n) is 6.92. The number of furan rings is 2. The molecule has 0 fully saturated rings. The zero-order valence-corrected chi connectivity index (χ0v) is 25.5. The van der Waals surface area contributed by atoms with Crippen LogP contribution in [0.1, 0.15) is 28.2 Å². The second-order valence-electron chi connectivity index (χ2n) is 10.5. The highest BCUT2D eigenvalue weighted by Crippen LogP contribution is 2.39. The molecule has 4 aromatic carbocycles. The summed E-state index contributed by atoms with van der Waals surface area (Å²) in [4.78, 5) is 8.19. The van der Waals surface area contributed by atoms with Crippen LogP contribution >= 0.6 is 0 Å². The number of hydrogen-bond donors (Lipinski definition) is 2. The average molecular weight is 677 g/mol. The standard InChI is InChI=1S/C19H14F3NO2.C18H12F3NO2/c1-12-6-8-17(24)16(10-12)23-11-13-7-9-18(25-13)14-4-2-3-5-15(14)19(20,21)22;19-18(20,21)14-6-2-1-5-13(14)17-10-9-12(24-17)11-22-15-7-3-4-8-16(15)23/h2-11,24H,1H3;1-11,23H. The normalized spacial score (nSPS) is 12.0. The van der Waals surface area contributed by atoms with Crippen LogP contribution in [0, 0.1) is 6.92 Å². The number of hydrogen-bond acceptors (Lipinski definition) is 6. The Kier molecular flexibility index (Phi) is 10.1. The van der Waals surface area contributed by atoms with Gasteiger partial charge >= 0.3 is 12.4 Å². The molecule has 0 unspecified atom stereocenters. The summed E-state index contributed by atoms with van der Waals surface area (Å²) in [7, 11) is 0. The van der Waals surface area contributed by atoms with E-state index in [9.17, 15) is 36.6 Å². The van der Waals surface area contributed by atoms with Crippen molar-refractivity contribution in [3.63, 3.8) is 0 Å². The molecule has 0 bridgehead atoms. The molecule has 0 aliphatic heterocycles. The summed E-state index contributed by atoms with van der Waals surface area (Å²) in [6.07, 6.45) is -6.23. The Morgan fingerprint density at radius 1 is 0.531 bits per heavy atom. The SMILES string of the molecule is Cc1ccc(O)c(N=Cc2ccc(-c3ccccc3C(F)(F)F)o2)c1.Oc1ccccc1N=Cc1ccc(-c2ccccc2C(F)(F)F)o1. The minimum atomic E-state index is -4.47. The van der Waals surface area contributed by atoms with Crippen molar-refractivity contribution in [1.82, 2.24) is 0 Å². The predicted octanol–water partition coefficient (Wildman–Crippen LogP) is 11.2. The molecule has 250 valence electrons. The first kappa shape index (κ1) is 34.3. The number of benzene rings is 4. The third-order valence-corrected chi connectivity index (χ3v) is 6.92. The van der Waals surface area contributed by atoms with E-state index in [1.165, 1.54) is 85.2 Å². The first-order valence-electron chi connectivity index (χ1n) is 14.5. The van der Waals surface area contributed by atoms with Gasteiger partial charge in [0, 0.05) is 11.1 Å². The Bertz CT molecular complexity index is 2110. The molecule has 0 amide bonds. The van der Waals surface area contributed by atoms with E-state index in [1.807, 2.05) is 6.92 Å². The third kappa shape index (κ3) is 8.66. The summed E-state index contributed by atoms with van der Waals surface area (Å²) in [5, 5.41) is 19.4. The van der Waals surface area contributed by atoms with Crippen LogP contribution in [0.2, 0.25) is 0 Å². The summed E-state index contributed by atoms with van der Waals surface area (Å²) in [5.41, 5.74) is 0.0249. The Labute approximate surface area is 276 Å². The molecule has 0 saturated heterocycles. The number of para-hydroxylation sites is 2. The van der Waals surface area contributed by atoms with Crippen LogP contribution in [-0.4, -0.2) is 22.6 Å². The quantitative estimate of drug-likeness (QED) is 0.136. The Balaban J connectivity index is 0.000000191. The zero-order valence-electron chi connectivity index (χ0n) is 25.5. The minimum Gasteiger partial charge on any atom is -0.506 e. The van der Waals surface area contributed by atoms with Crippen LogP contribution in [0.25, 0.3) is 22.6 Å². The van der Waals surface area contributed by atoms with Gasteiger partial charge in [-0.25, -0.2) is 9.98 Å². The second kappa shape index (κ2) is 14.4. The Morgan fingerprint density at radius 3 is 1.49 bits per heavy atom. The number of phenolic OH excluding ortho intramolecular Hbond substituents is 2. The molecular weight excluding hydrogens is 650 g/mol. The minimum absolute atomic E-state index is 0.00273. The lowest BCUT2D eigenvalue weighted by Gasteiger charge is -2.10. The summed E-state index contributed by atoms with van der Waals surface area (Å²) in [5.74, 6) is 0.779. The van der Waals surface area contributed by atoms with Crippen molar-refractivity contribution in [3.05, 3.63) is 143 Å². The molecule has 6 aromatic rings. The van der Waals surface area contributed by atoms with E-state index in [-0.39, 0.29) is 45.7 Å². The van der Waals surface area contributed by atoms with Crippen molar-refractivity contribution in [2.75, 3.05) is 0 Å². The van der Waals surface area contributed by atoms with Gasteiger partial charge in [0.2, 0.25) is 0 Å². The van der Waals surface area contributed by atoms with Crippen molar-refractivity contribution in [3.8, 4) is 34.1 Å². The first-order valence-corrected chi connectivity index (χ1v) is 14.5.